The Bertz CT molecular complexity index is 759. The van der Waals surface area contributed by atoms with Crippen LogP contribution in [0, 0.1) is 0 Å². The molecule has 2 aromatic rings. The summed E-state index contributed by atoms with van der Waals surface area (Å²) in [5.74, 6) is 0.853. The molecule has 7 heteroatoms. The van der Waals surface area contributed by atoms with Gasteiger partial charge in [0.25, 0.3) is 0 Å². The van der Waals surface area contributed by atoms with Crippen LogP contribution in [0.15, 0.2) is 53.7 Å². The van der Waals surface area contributed by atoms with Crippen molar-refractivity contribution in [1.29, 1.82) is 0 Å². The summed E-state index contributed by atoms with van der Waals surface area (Å²) in [7, 11) is 1.81. The number of hydrogen-bond donors (Lipinski definition) is 2. The van der Waals surface area contributed by atoms with Crippen molar-refractivity contribution in [1.82, 2.24) is 20.5 Å². The van der Waals surface area contributed by atoms with Gasteiger partial charge in [-0.25, -0.2) is 0 Å². The summed E-state index contributed by atoms with van der Waals surface area (Å²) in [6.45, 7) is 7.10. The third-order valence-corrected chi connectivity index (χ3v) is 5.35. The summed E-state index contributed by atoms with van der Waals surface area (Å²) in [5, 5.41) is 7.56. The van der Waals surface area contributed by atoms with Crippen molar-refractivity contribution in [2.75, 3.05) is 57.8 Å². The molecular weight excluding hydrogens is 384 g/mol. The number of guanidine groups is 1. The molecule has 0 unspecified atom stereocenters. The van der Waals surface area contributed by atoms with E-state index < -0.39 is 0 Å². The third-order valence-electron chi connectivity index (χ3n) is 5.11. The van der Waals surface area contributed by atoms with Gasteiger partial charge < -0.3 is 15.5 Å². The van der Waals surface area contributed by atoms with E-state index in [0.717, 1.165) is 75.3 Å². The summed E-state index contributed by atoms with van der Waals surface area (Å²) in [6.07, 6.45) is 3.81. The Morgan fingerprint density at radius 2 is 1.90 bits per heavy atom. The maximum absolute atomic E-state index is 6.12. The van der Waals surface area contributed by atoms with Crippen molar-refractivity contribution in [2.45, 2.75) is 12.8 Å². The number of nitrogens with one attached hydrogen (secondary N) is 2. The van der Waals surface area contributed by atoms with E-state index >= 15 is 0 Å². The zero-order chi connectivity index (χ0) is 20.3. The predicted molar refractivity (Wildman–Crippen MR) is 122 cm³/mol. The molecule has 0 radical (unpaired) electrons. The van der Waals surface area contributed by atoms with Crippen LogP contribution in [0.2, 0.25) is 5.02 Å². The Kier molecular flexibility index (Phi) is 8.58. The first-order valence-electron chi connectivity index (χ1n) is 10.3. The quantitative estimate of drug-likeness (QED) is 0.395. The number of halogens is 1. The molecule has 1 aliphatic heterocycles. The van der Waals surface area contributed by atoms with Crippen molar-refractivity contribution in [2.24, 2.45) is 4.99 Å². The average molecular weight is 415 g/mol. The Labute approximate surface area is 179 Å². The molecule has 0 atom stereocenters. The maximum Gasteiger partial charge on any atom is 0.190 e. The van der Waals surface area contributed by atoms with Crippen LogP contribution in [0.5, 0.6) is 0 Å². The second-order valence-electron chi connectivity index (χ2n) is 7.16. The number of piperazine rings is 1. The van der Waals surface area contributed by atoms with Gasteiger partial charge in [0.15, 0.2) is 5.96 Å². The molecule has 6 nitrogen and oxygen atoms in total. The number of pyridine rings is 1. The Hall–Kier alpha value is -2.31. The molecule has 1 aromatic heterocycles. The molecule has 0 amide bonds. The summed E-state index contributed by atoms with van der Waals surface area (Å²) in [6, 6.07) is 14.1. The van der Waals surface area contributed by atoms with E-state index in [1.807, 2.05) is 49.6 Å². The van der Waals surface area contributed by atoms with Crippen LogP contribution in [0.1, 0.15) is 12.1 Å². The second kappa shape index (κ2) is 11.6. The Morgan fingerprint density at radius 1 is 1.07 bits per heavy atom. The van der Waals surface area contributed by atoms with Gasteiger partial charge in [-0.2, -0.15) is 0 Å². The monoisotopic (exact) mass is 414 g/mol. The fourth-order valence-electron chi connectivity index (χ4n) is 3.49. The van der Waals surface area contributed by atoms with Crippen LogP contribution >= 0.6 is 11.6 Å². The Balaban J connectivity index is 1.28. The third kappa shape index (κ3) is 7.22. The molecule has 156 valence electrons. The lowest BCUT2D eigenvalue weighted by molar-refractivity contribution is 0.255. The molecule has 2 N–H and O–H groups in total. The van der Waals surface area contributed by atoms with Crippen molar-refractivity contribution < 1.29 is 0 Å². The molecule has 0 aliphatic carbocycles. The summed E-state index contributed by atoms with van der Waals surface area (Å²) >= 11 is 6.12. The molecule has 29 heavy (non-hydrogen) atoms. The zero-order valence-electron chi connectivity index (χ0n) is 17.1. The van der Waals surface area contributed by atoms with E-state index in [1.165, 1.54) is 5.69 Å². The largest absolute Gasteiger partial charge is 0.369 e. The van der Waals surface area contributed by atoms with Gasteiger partial charge in [0.2, 0.25) is 0 Å². The standard InChI is InChI=1S/C22H31ClN6/c1-24-22(27-12-9-20-7-2-3-10-25-20)26-11-5-13-28-14-16-29(17-15-28)21-8-4-6-19(23)18-21/h2-4,6-8,10,18H,5,9,11-17H2,1H3,(H2,24,26,27). The molecule has 1 aliphatic rings. The number of benzene rings is 1. The molecular formula is C22H31ClN6. The van der Waals surface area contributed by atoms with Gasteiger partial charge in [-0.1, -0.05) is 23.7 Å². The minimum Gasteiger partial charge on any atom is -0.369 e. The summed E-state index contributed by atoms with van der Waals surface area (Å²) in [4.78, 5) is 13.6. The smallest absolute Gasteiger partial charge is 0.190 e. The van der Waals surface area contributed by atoms with Gasteiger partial charge in [0.05, 0.1) is 0 Å². The van der Waals surface area contributed by atoms with Gasteiger partial charge in [-0.3, -0.25) is 14.9 Å². The van der Waals surface area contributed by atoms with Crippen LogP contribution in [0.4, 0.5) is 5.69 Å². The minimum atomic E-state index is 0.804. The van der Waals surface area contributed by atoms with Crippen LogP contribution in [-0.4, -0.2) is 68.7 Å². The van der Waals surface area contributed by atoms with E-state index in [4.69, 9.17) is 11.6 Å². The number of aliphatic imine (C=N–C) groups is 1. The number of hydrogen-bond acceptors (Lipinski definition) is 4. The van der Waals surface area contributed by atoms with Crippen LogP contribution < -0.4 is 15.5 Å². The van der Waals surface area contributed by atoms with E-state index in [-0.39, 0.29) is 0 Å². The van der Waals surface area contributed by atoms with Gasteiger partial charge in [0.1, 0.15) is 0 Å². The lowest BCUT2D eigenvalue weighted by Crippen LogP contribution is -2.47. The molecule has 2 heterocycles. The molecule has 1 fully saturated rings. The number of nitrogens with zero attached hydrogens (tertiary/aromatic N) is 4. The van der Waals surface area contributed by atoms with Crippen molar-refractivity contribution >= 4 is 23.2 Å². The second-order valence-corrected chi connectivity index (χ2v) is 7.60. The van der Waals surface area contributed by atoms with Crippen LogP contribution in [0.25, 0.3) is 0 Å². The fourth-order valence-corrected chi connectivity index (χ4v) is 3.67. The first-order chi connectivity index (χ1) is 14.2. The van der Waals surface area contributed by atoms with E-state index in [2.05, 4.69) is 36.5 Å². The highest BCUT2D eigenvalue weighted by Crippen LogP contribution is 2.20. The van der Waals surface area contributed by atoms with Crippen molar-refractivity contribution in [3.63, 3.8) is 0 Å². The van der Waals surface area contributed by atoms with E-state index in [1.54, 1.807) is 0 Å². The first kappa shape index (κ1) is 21.4. The normalized spacial score (nSPS) is 15.4. The fraction of sp³-hybridized carbons (Fsp3) is 0.455. The highest BCUT2D eigenvalue weighted by Gasteiger charge is 2.16. The van der Waals surface area contributed by atoms with Gasteiger partial charge in [0, 0.05) is 75.3 Å². The predicted octanol–water partition coefficient (Wildman–Crippen LogP) is 2.65. The number of aromatic nitrogens is 1. The Morgan fingerprint density at radius 3 is 2.62 bits per heavy atom. The van der Waals surface area contributed by atoms with Crippen LogP contribution in [-0.2, 0) is 6.42 Å². The lowest BCUT2D eigenvalue weighted by atomic mass is 10.2. The number of anilines is 1. The lowest BCUT2D eigenvalue weighted by Gasteiger charge is -2.36. The molecule has 0 spiro atoms. The molecule has 0 bridgehead atoms. The molecule has 0 saturated carbocycles. The molecule has 1 saturated heterocycles. The van der Waals surface area contributed by atoms with Crippen LogP contribution in [0.3, 0.4) is 0 Å². The maximum atomic E-state index is 6.12. The van der Waals surface area contributed by atoms with E-state index in [9.17, 15) is 0 Å². The zero-order valence-corrected chi connectivity index (χ0v) is 17.9. The first-order valence-corrected chi connectivity index (χ1v) is 10.7. The topological polar surface area (TPSA) is 55.8 Å². The summed E-state index contributed by atoms with van der Waals surface area (Å²) in [5.41, 5.74) is 2.31. The van der Waals surface area contributed by atoms with Crippen molar-refractivity contribution in [3.05, 3.63) is 59.4 Å². The van der Waals surface area contributed by atoms with Gasteiger partial charge in [-0.05, 0) is 43.3 Å². The van der Waals surface area contributed by atoms with Gasteiger partial charge in [-0.15, -0.1) is 0 Å². The molecule has 3 rings (SSSR count). The van der Waals surface area contributed by atoms with Gasteiger partial charge >= 0.3 is 0 Å². The average Bonchev–Trinajstić information content (AvgIpc) is 2.76. The minimum absolute atomic E-state index is 0.804. The highest BCUT2D eigenvalue weighted by atomic mass is 35.5. The molecule has 1 aromatic carbocycles. The number of rotatable bonds is 8. The SMILES string of the molecule is CN=C(NCCCN1CCN(c2cccc(Cl)c2)CC1)NCCc1ccccn1. The van der Waals surface area contributed by atoms with E-state index in [0.29, 0.717) is 0 Å². The van der Waals surface area contributed by atoms with Crippen molar-refractivity contribution in [3.8, 4) is 0 Å². The highest BCUT2D eigenvalue weighted by molar-refractivity contribution is 6.30. The summed E-state index contributed by atoms with van der Waals surface area (Å²) < 4.78 is 0.